The van der Waals surface area contributed by atoms with E-state index in [2.05, 4.69) is 4.98 Å². The van der Waals surface area contributed by atoms with Gasteiger partial charge in [-0.25, -0.2) is 4.39 Å². The van der Waals surface area contributed by atoms with Gasteiger partial charge in [0.25, 0.3) is 0 Å². The van der Waals surface area contributed by atoms with Gasteiger partial charge in [0.05, 0.1) is 0 Å². The van der Waals surface area contributed by atoms with Gasteiger partial charge in [0, 0.05) is 18.0 Å². The third-order valence-electron chi connectivity index (χ3n) is 2.97. The molecule has 0 radical (unpaired) electrons. The lowest BCUT2D eigenvalue weighted by atomic mass is 9.97. The average Bonchev–Trinajstić information content (AvgIpc) is 2.29. The van der Waals surface area contributed by atoms with Gasteiger partial charge in [0.2, 0.25) is 0 Å². The molecule has 1 aromatic heterocycles. The molecule has 0 amide bonds. The van der Waals surface area contributed by atoms with Gasteiger partial charge >= 0.3 is 0 Å². The zero-order chi connectivity index (χ0) is 12.4. The number of hydrogen-bond donors (Lipinski definition) is 0. The smallest absolute Gasteiger partial charge is 0.127 e. The zero-order valence-corrected chi connectivity index (χ0v) is 10.4. The molecule has 0 aliphatic rings. The third kappa shape index (κ3) is 2.36. The summed E-state index contributed by atoms with van der Waals surface area (Å²) in [6.45, 7) is 5.99. The highest BCUT2D eigenvalue weighted by atomic mass is 19.1. The molecule has 0 unspecified atom stereocenters. The highest BCUT2D eigenvalue weighted by Crippen LogP contribution is 2.26. The van der Waals surface area contributed by atoms with E-state index in [1.165, 1.54) is 0 Å². The minimum absolute atomic E-state index is 0.138. The Hall–Kier alpha value is -1.70. The van der Waals surface area contributed by atoms with Crippen LogP contribution in [0, 0.1) is 12.7 Å². The van der Waals surface area contributed by atoms with E-state index in [1.54, 1.807) is 18.5 Å². The third-order valence-corrected chi connectivity index (χ3v) is 2.97. The van der Waals surface area contributed by atoms with Crippen LogP contribution in [-0.2, 0) is 0 Å². The van der Waals surface area contributed by atoms with E-state index in [0.29, 0.717) is 0 Å². The molecule has 0 spiro atoms. The van der Waals surface area contributed by atoms with E-state index < -0.39 is 0 Å². The first-order valence-electron chi connectivity index (χ1n) is 5.80. The Kier molecular flexibility index (Phi) is 3.23. The van der Waals surface area contributed by atoms with Crippen molar-refractivity contribution in [1.29, 1.82) is 0 Å². The van der Waals surface area contributed by atoms with Gasteiger partial charge in [0.1, 0.15) is 5.82 Å². The fraction of sp³-hybridized carbons (Fsp3) is 0.267. The fourth-order valence-electron chi connectivity index (χ4n) is 1.93. The summed E-state index contributed by atoms with van der Waals surface area (Å²) < 4.78 is 13.9. The van der Waals surface area contributed by atoms with Crippen molar-refractivity contribution in [3.63, 3.8) is 0 Å². The van der Waals surface area contributed by atoms with Gasteiger partial charge < -0.3 is 0 Å². The minimum Gasteiger partial charge on any atom is -0.264 e. The molecule has 0 N–H and O–H groups in total. The molecule has 1 aromatic carbocycles. The Balaban J connectivity index is 2.49. The van der Waals surface area contributed by atoms with Crippen LogP contribution in [0.25, 0.3) is 11.1 Å². The van der Waals surface area contributed by atoms with Crippen molar-refractivity contribution in [2.75, 3.05) is 0 Å². The van der Waals surface area contributed by atoms with E-state index in [-0.39, 0.29) is 11.7 Å². The predicted molar refractivity (Wildman–Crippen MR) is 68.5 cm³/mol. The maximum Gasteiger partial charge on any atom is 0.127 e. The van der Waals surface area contributed by atoms with Crippen LogP contribution < -0.4 is 0 Å². The molecule has 0 fully saturated rings. The highest BCUT2D eigenvalue weighted by Gasteiger charge is 2.09. The van der Waals surface area contributed by atoms with Crippen LogP contribution in [0.1, 0.15) is 30.9 Å². The fourth-order valence-corrected chi connectivity index (χ4v) is 1.93. The normalized spacial score (nSPS) is 10.9. The first-order valence-corrected chi connectivity index (χ1v) is 5.80. The molecule has 2 heteroatoms. The van der Waals surface area contributed by atoms with Crippen LogP contribution in [0.3, 0.4) is 0 Å². The number of pyridine rings is 1. The minimum atomic E-state index is -0.138. The number of hydrogen-bond acceptors (Lipinski definition) is 1. The van der Waals surface area contributed by atoms with Crippen molar-refractivity contribution >= 4 is 0 Å². The quantitative estimate of drug-likeness (QED) is 0.747. The largest absolute Gasteiger partial charge is 0.264 e. The van der Waals surface area contributed by atoms with E-state index in [4.69, 9.17) is 0 Å². The number of aryl methyl sites for hydroxylation is 1. The molecule has 0 aliphatic carbocycles. The molecule has 0 aliphatic heterocycles. The Bertz CT molecular complexity index is 532. The van der Waals surface area contributed by atoms with E-state index in [9.17, 15) is 4.39 Å². The van der Waals surface area contributed by atoms with Gasteiger partial charge in [0.15, 0.2) is 0 Å². The van der Waals surface area contributed by atoms with Crippen molar-refractivity contribution in [2.45, 2.75) is 26.7 Å². The van der Waals surface area contributed by atoms with Crippen LogP contribution in [0.4, 0.5) is 4.39 Å². The summed E-state index contributed by atoms with van der Waals surface area (Å²) in [6.07, 6.45) is 3.52. The number of nitrogens with zero attached hydrogens (tertiary/aromatic N) is 1. The molecule has 88 valence electrons. The van der Waals surface area contributed by atoms with E-state index >= 15 is 0 Å². The summed E-state index contributed by atoms with van der Waals surface area (Å²) in [7, 11) is 0. The lowest BCUT2D eigenvalue weighted by Gasteiger charge is -2.10. The molecular formula is C15H16FN. The van der Waals surface area contributed by atoms with Crippen molar-refractivity contribution in [2.24, 2.45) is 0 Å². The lowest BCUT2D eigenvalue weighted by molar-refractivity contribution is 0.599. The van der Waals surface area contributed by atoms with E-state index in [0.717, 1.165) is 22.3 Å². The van der Waals surface area contributed by atoms with Crippen molar-refractivity contribution < 1.29 is 4.39 Å². The van der Waals surface area contributed by atoms with Crippen LogP contribution in [0.15, 0.2) is 36.7 Å². The molecule has 2 aromatic rings. The molecule has 0 atom stereocenters. The topological polar surface area (TPSA) is 12.9 Å². The van der Waals surface area contributed by atoms with E-state index in [1.807, 2.05) is 39.0 Å². The monoisotopic (exact) mass is 229 g/mol. The van der Waals surface area contributed by atoms with Crippen LogP contribution in [0.2, 0.25) is 0 Å². The SMILES string of the molecule is Cc1ccncc1-c1ccc(C(C)C)c(F)c1. The van der Waals surface area contributed by atoms with Crippen molar-refractivity contribution in [3.8, 4) is 11.1 Å². The summed E-state index contributed by atoms with van der Waals surface area (Å²) in [6, 6.07) is 7.35. The molecule has 0 bridgehead atoms. The number of rotatable bonds is 2. The van der Waals surface area contributed by atoms with Gasteiger partial charge in [-0.05, 0) is 41.7 Å². The molecule has 17 heavy (non-hydrogen) atoms. The molecule has 0 saturated carbocycles. The number of benzene rings is 1. The van der Waals surface area contributed by atoms with Crippen molar-refractivity contribution in [1.82, 2.24) is 4.98 Å². The Morgan fingerprint density at radius 1 is 1.18 bits per heavy atom. The summed E-state index contributed by atoms with van der Waals surface area (Å²) in [5.74, 6) is 0.0693. The first kappa shape index (κ1) is 11.8. The zero-order valence-electron chi connectivity index (χ0n) is 10.4. The maximum atomic E-state index is 13.9. The molecule has 1 nitrogen and oxygen atoms in total. The second-order valence-corrected chi connectivity index (χ2v) is 4.58. The lowest BCUT2D eigenvalue weighted by Crippen LogP contribution is -1.94. The molecule has 0 saturated heterocycles. The van der Waals surface area contributed by atoms with Crippen LogP contribution in [0.5, 0.6) is 0 Å². The van der Waals surface area contributed by atoms with Crippen LogP contribution in [-0.4, -0.2) is 4.98 Å². The summed E-state index contributed by atoms with van der Waals surface area (Å²) >= 11 is 0. The van der Waals surface area contributed by atoms with Gasteiger partial charge in [-0.1, -0.05) is 26.0 Å². The Labute approximate surface area is 101 Å². The van der Waals surface area contributed by atoms with Crippen molar-refractivity contribution in [3.05, 3.63) is 53.6 Å². The first-order chi connectivity index (χ1) is 8.09. The van der Waals surface area contributed by atoms with Gasteiger partial charge in [-0.15, -0.1) is 0 Å². The summed E-state index contributed by atoms with van der Waals surface area (Å²) in [4.78, 5) is 4.09. The maximum absolute atomic E-state index is 13.9. The van der Waals surface area contributed by atoms with Crippen LogP contribution >= 0.6 is 0 Å². The Morgan fingerprint density at radius 3 is 2.53 bits per heavy atom. The second-order valence-electron chi connectivity index (χ2n) is 4.58. The number of aromatic nitrogens is 1. The second kappa shape index (κ2) is 4.66. The molecule has 1 heterocycles. The molecular weight excluding hydrogens is 213 g/mol. The highest BCUT2D eigenvalue weighted by molar-refractivity contribution is 5.66. The van der Waals surface area contributed by atoms with Gasteiger partial charge in [-0.2, -0.15) is 0 Å². The summed E-state index contributed by atoms with van der Waals surface area (Å²) in [5, 5.41) is 0. The van der Waals surface area contributed by atoms with Gasteiger partial charge in [-0.3, -0.25) is 4.98 Å². The molecule has 2 rings (SSSR count). The average molecular weight is 229 g/mol. The standard InChI is InChI=1S/C15H16FN/c1-10(2)13-5-4-12(8-15(13)16)14-9-17-7-6-11(14)3/h4-10H,1-3H3. The predicted octanol–water partition coefficient (Wildman–Crippen LogP) is 4.32. The number of halogens is 1. The Morgan fingerprint density at radius 2 is 1.94 bits per heavy atom. The summed E-state index contributed by atoms with van der Waals surface area (Å²) in [5.41, 5.74) is 3.74.